The molecule has 2 N–H and O–H groups in total. The van der Waals surface area contributed by atoms with Gasteiger partial charge in [0.15, 0.2) is 0 Å². The number of amides is 1. The first-order valence-corrected chi connectivity index (χ1v) is 5.63. The van der Waals surface area contributed by atoms with E-state index in [1.165, 1.54) is 0 Å². The lowest BCUT2D eigenvalue weighted by Gasteiger charge is -2.08. The average molecular weight is 258 g/mol. The maximum atomic E-state index is 11.9. The van der Waals surface area contributed by atoms with E-state index in [1.54, 1.807) is 6.07 Å². The van der Waals surface area contributed by atoms with Gasteiger partial charge in [-0.1, -0.05) is 12.1 Å². The average Bonchev–Trinajstić information content (AvgIpc) is 2.62. The van der Waals surface area contributed by atoms with Crippen LogP contribution in [0.4, 0.5) is 18.9 Å². The van der Waals surface area contributed by atoms with Crippen molar-refractivity contribution in [2.45, 2.75) is 19.0 Å². The van der Waals surface area contributed by atoms with E-state index >= 15 is 0 Å². The summed E-state index contributed by atoms with van der Waals surface area (Å²) >= 11 is 0. The summed E-state index contributed by atoms with van der Waals surface area (Å²) in [6.07, 6.45) is -3.31. The topological polar surface area (TPSA) is 41.1 Å². The Morgan fingerprint density at radius 1 is 1.33 bits per heavy atom. The Hall–Kier alpha value is -1.56. The van der Waals surface area contributed by atoms with Crippen molar-refractivity contribution in [3.63, 3.8) is 0 Å². The number of hydrogen-bond acceptors (Lipinski definition) is 2. The molecule has 0 fully saturated rings. The molecule has 0 atom stereocenters. The molecule has 0 saturated carbocycles. The lowest BCUT2D eigenvalue weighted by molar-refractivity contribution is -0.124. The fraction of sp³-hybridized carbons (Fsp3) is 0.417. The third-order valence-corrected chi connectivity index (χ3v) is 2.71. The molecular weight excluding hydrogens is 245 g/mol. The van der Waals surface area contributed by atoms with Gasteiger partial charge in [0.1, 0.15) is 0 Å². The zero-order valence-electron chi connectivity index (χ0n) is 9.60. The Labute approximate surface area is 102 Å². The van der Waals surface area contributed by atoms with Crippen molar-refractivity contribution >= 4 is 11.6 Å². The quantitative estimate of drug-likeness (QED) is 0.810. The van der Waals surface area contributed by atoms with Gasteiger partial charge in [-0.2, -0.15) is 13.2 Å². The molecule has 6 heteroatoms. The number of alkyl halides is 3. The second-order valence-electron chi connectivity index (χ2n) is 4.26. The van der Waals surface area contributed by atoms with Gasteiger partial charge in [-0.25, -0.2) is 0 Å². The van der Waals surface area contributed by atoms with E-state index in [0.29, 0.717) is 12.8 Å². The normalized spacial score (nSPS) is 14.5. The van der Waals surface area contributed by atoms with Gasteiger partial charge in [-0.3, -0.25) is 4.79 Å². The Kier molecular flexibility index (Phi) is 3.56. The number of benzene rings is 1. The van der Waals surface area contributed by atoms with Crippen LogP contribution < -0.4 is 10.6 Å². The number of carbonyl (C=O) groups is 1. The summed E-state index contributed by atoms with van der Waals surface area (Å²) in [6.45, 7) is -0.711. The lowest BCUT2D eigenvalue weighted by atomic mass is 10.1. The summed E-state index contributed by atoms with van der Waals surface area (Å²) in [5, 5.41) is 5.05. The summed E-state index contributed by atoms with van der Waals surface area (Å²) < 4.78 is 35.7. The highest BCUT2D eigenvalue weighted by molar-refractivity contribution is 5.99. The van der Waals surface area contributed by atoms with Gasteiger partial charge in [0, 0.05) is 5.69 Å². The fourth-order valence-electron chi connectivity index (χ4n) is 1.90. The van der Waals surface area contributed by atoms with Gasteiger partial charge in [0.25, 0.3) is 0 Å². The molecule has 0 bridgehead atoms. The molecule has 1 aliphatic heterocycles. The van der Waals surface area contributed by atoms with E-state index in [1.807, 2.05) is 12.1 Å². The largest absolute Gasteiger partial charge is 0.401 e. The minimum Gasteiger partial charge on any atom is -0.326 e. The molecule has 1 aromatic carbocycles. The Morgan fingerprint density at radius 2 is 2.11 bits per heavy atom. The van der Waals surface area contributed by atoms with E-state index < -0.39 is 12.7 Å². The van der Waals surface area contributed by atoms with Crippen molar-refractivity contribution in [3.8, 4) is 0 Å². The van der Waals surface area contributed by atoms with E-state index in [2.05, 4.69) is 10.6 Å². The van der Waals surface area contributed by atoms with Crippen molar-refractivity contribution in [2.24, 2.45) is 0 Å². The molecule has 0 spiro atoms. The Morgan fingerprint density at radius 3 is 2.83 bits per heavy atom. The molecule has 98 valence electrons. The minimum atomic E-state index is -4.17. The van der Waals surface area contributed by atoms with Gasteiger partial charge in [0.2, 0.25) is 5.91 Å². The number of carbonyl (C=O) groups excluding carboxylic acids is 1. The molecule has 3 nitrogen and oxygen atoms in total. The lowest BCUT2D eigenvalue weighted by Crippen LogP contribution is -2.30. The van der Waals surface area contributed by atoms with Crippen LogP contribution >= 0.6 is 0 Å². The van der Waals surface area contributed by atoms with Crippen LogP contribution in [0.25, 0.3) is 0 Å². The molecular formula is C12H13F3N2O. The van der Waals surface area contributed by atoms with E-state index in [9.17, 15) is 18.0 Å². The molecule has 1 heterocycles. The van der Waals surface area contributed by atoms with Crippen LogP contribution in [0.3, 0.4) is 0 Å². The van der Waals surface area contributed by atoms with Crippen molar-refractivity contribution in [2.75, 3.05) is 18.4 Å². The van der Waals surface area contributed by atoms with E-state index in [4.69, 9.17) is 0 Å². The number of fused-ring (bicyclic) bond motifs is 1. The SMILES string of the molecule is O=C1Cc2cc(CCNCC(F)(F)F)ccc2N1. The zero-order valence-corrected chi connectivity index (χ0v) is 9.60. The number of nitrogens with one attached hydrogen (secondary N) is 2. The molecule has 1 aliphatic rings. The minimum absolute atomic E-state index is 0.0441. The second-order valence-corrected chi connectivity index (χ2v) is 4.26. The van der Waals surface area contributed by atoms with Crippen molar-refractivity contribution in [1.82, 2.24) is 5.32 Å². The Bertz CT molecular complexity index is 457. The number of hydrogen-bond donors (Lipinski definition) is 2. The van der Waals surface area contributed by atoms with Crippen LogP contribution in [0.15, 0.2) is 18.2 Å². The molecule has 0 aromatic heterocycles. The summed E-state index contributed by atoms with van der Waals surface area (Å²) in [5.41, 5.74) is 2.64. The second kappa shape index (κ2) is 4.97. The first-order valence-electron chi connectivity index (χ1n) is 5.63. The maximum absolute atomic E-state index is 11.9. The first kappa shape index (κ1) is 12.9. The van der Waals surface area contributed by atoms with Crippen molar-refractivity contribution in [1.29, 1.82) is 0 Å². The first-order chi connectivity index (χ1) is 8.44. The van der Waals surface area contributed by atoms with Crippen molar-refractivity contribution in [3.05, 3.63) is 29.3 Å². The van der Waals surface area contributed by atoms with Crippen LogP contribution in [-0.2, 0) is 17.6 Å². The highest BCUT2D eigenvalue weighted by atomic mass is 19.4. The van der Waals surface area contributed by atoms with Gasteiger partial charge >= 0.3 is 6.18 Å². The number of anilines is 1. The number of halogens is 3. The highest BCUT2D eigenvalue weighted by Gasteiger charge is 2.26. The predicted molar refractivity (Wildman–Crippen MR) is 61.4 cm³/mol. The van der Waals surface area contributed by atoms with Gasteiger partial charge in [-0.15, -0.1) is 0 Å². The third kappa shape index (κ3) is 3.46. The standard InChI is InChI=1S/C12H13F3N2O/c13-12(14,15)7-16-4-3-8-1-2-10-9(5-8)6-11(18)17-10/h1-2,5,16H,3-4,6-7H2,(H,17,18). The van der Waals surface area contributed by atoms with Crippen molar-refractivity contribution < 1.29 is 18.0 Å². The molecule has 1 amide bonds. The Balaban J connectivity index is 1.84. The smallest absolute Gasteiger partial charge is 0.326 e. The zero-order chi connectivity index (χ0) is 13.2. The molecule has 0 saturated heterocycles. The van der Waals surface area contributed by atoms with Crippen LogP contribution in [-0.4, -0.2) is 25.2 Å². The van der Waals surface area contributed by atoms with Gasteiger partial charge in [-0.05, 0) is 30.2 Å². The van der Waals surface area contributed by atoms with Crippen LogP contribution in [0.2, 0.25) is 0 Å². The third-order valence-electron chi connectivity index (χ3n) is 2.71. The summed E-state index contributed by atoms with van der Waals surface area (Å²) in [5.74, 6) is -0.0441. The van der Waals surface area contributed by atoms with Crippen LogP contribution in [0.5, 0.6) is 0 Å². The van der Waals surface area contributed by atoms with Gasteiger partial charge < -0.3 is 10.6 Å². The molecule has 0 radical (unpaired) electrons. The molecule has 1 aromatic rings. The molecule has 0 unspecified atom stereocenters. The van der Waals surface area contributed by atoms with E-state index in [-0.39, 0.29) is 12.5 Å². The van der Waals surface area contributed by atoms with E-state index in [0.717, 1.165) is 16.8 Å². The maximum Gasteiger partial charge on any atom is 0.401 e. The summed E-state index contributed by atoms with van der Waals surface area (Å²) in [7, 11) is 0. The highest BCUT2D eigenvalue weighted by Crippen LogP contribution is 2.23. The summed E-state index contributed by atoms with van der Waals surface area (Å²) in [6, 6.07) is 5.47. The predicted octanol–water partition coefficient (Wildman–Crippen LogP) is 1.88. The molecule has 2 rings (SSSR count). The summed E-state index contributed by atoms with van der Waals surface area (Å²) in [4.78, 5) is 11.1. The number of rotatable bonds is 4. The fourth-order valence-corrected chi connectivity index (χ4v) is 1.90. The van der Waals surface area contributed by atoms with Gasteiger partial charge in [0.05, 0.1) is 13.0 Å². The monoisotopic (exact) mass is 258 g/mol. The molecule has 18 heavy (non-hydrogen) atoms. The van der Waals surface area contributed by atoms with Crippen LogP contribution in [0, 0.1) is 0 Å². The molecule has 0 aliphatic carbocycles. The van der Waals surface area contributed by atoms with Crippen LogP contribution in [0.1, 0.15) is 11.1 Å².